The molecule has 0 saturated carbocycles. The summed E-state index contributed by atoms with van der Waals surface area (Å²) < 4.78 is 12.1. The lowest BCUT2D eigenvalue weighted by Crippen LogP contribution is -2.10. The summed E-state index contributed by atoms with van der Waals surface area (Å²) in [6.07, 6.45) is 1.73. The number of ketones is 1. The molecule has 1 aromatic rings. The van der Waals surface area contributed by atoms with E-state index in [0.717, 1.165) is 0 Å². The lowest BCUT2D eigenvalue weighted by molar-refractivity contribution is 0.101. The molecular formula is C9H8ClFOS. The number of carbonyl (C=O) groups excluding carboxylic acids is 1. The van der Waals surface area contributed by atoms with E-state index in [1.165, 1.54) is 30.0 Å². The van der Waals surface area contributed by atoms with Gasteiger partial charge in [-0.25, -0.2) is 4.39 Å². The molecule has 0 aliphatic rings. The highest BCUT2D eigenvalue weighted by atomic mass is 35.5. The van der Waals surface area contributed by atoms with Crippen LogP contribution in [0.1, 0.15) is 10.4 Å². The maximum Gasteiger partial charge on any atom is 0.190 e. The zero-order valence-electron chi connectivity index (χ0n) is 6.96. The van der Waals surface area contributed by atoms with Gasteiger partial charge in [-0.05, 0) is 18.4 Å². The summed E-state index contributed by atoms with van der Waals surface area (Å²) in [5.41, 5.74) is 0.314. The van der Waals surface area contributed by atoms with E-state index in [1.807, 2.05) is 0 Å². The molecule has 0 radical (unpaired) electrons. The topological polar surface area (TPSA) is 17.1 Å². The van der Waals surface area contributed by atoms with Crippen LogP contribution in [0.25, 0.3) is 0 Å². The Labute approximate surface area is 85.3 Å². The van der Waals surface area contributed by atoms with Crippen molar-refractivity contribution in [3.05, 3.63) is 35.6 Å². The Bertz CT molecular complexity index is 316. The average molecular weight is 219 g/mol. The van der Waals surface area contributed by atoms with Crippen LogP contribution in [-0.2, 0) is 0 Å². The Morgan fingerprint density at radius 1 is 1.62 bits per heavy atom. The number of Topliss-reactive ketones (excluding diaryl/α,β-unsaturated/α-hetero) is 1. The molecular weight excluding hydrogens is 211 g/mol. The van der Waals surface area contributed by atoms with Crippen LogP contribution < -0.4 is 0 Å². The van der Waals surface area contributed by atoms with Crippen LogP contribution in [0.5, 0.6) is 0 Å². The monoisotopic (exact) mass is 218 g/mol. The van der Waals surface area contributed by atoms with Gasteiger partial charge < -0.3 is 0 Å². The number of alkyl halides is 1. The Morgan fingerprint density at radius 3 is 2.85 bits per heavy atom. The minimum absolute atomic E-state index is 0.256. The number of hydrogen-bond acceptors (Lipinski definition) is 2. The molecule has 0 aliphatic carbocycles. The largest absolute Gasteiger partial charge is 0.292 e. The van der Waals surface area contributed by atoms with Crippen LogP contribution in [0.3, 0.4) is 0 Å². The summed E-state index contributed by atoms with van der Waals surface area (Å²) in [6.45, 7) is 0. The maximum atomic E-state index is 12.7. The van der Waals surface area contributed by atoms with Gasteiger partial charge in [0.25, 0.3) is 0 Å². The molecule has 1 nitrogen and oxygen atoms in total. The van der Waals surface area contributed by atoms with Gasteiger partial charge in [0.05, 0.1) is 0 Å². The number of thioether (sulfide) groups is 1. The van der Waals surface area contributed by atoms with Crippen molar-refractivity contribution in [2.24, 2.45) is 0 Å². The van der Waals surface area contributed by atoms with Crippen molar-refractivity contribution < 1.29 is 9.18 Å². The van der Waals surface area contributed by atoms with Crippen LogP contribution in [-0.4, -0.2) is 16.7 Å². The minimum Gasteiger partial charge on any atom is -0.292 e. The van der Waals surface area contributed by atoms with E-state index in [0.29, 0.717) is 5.56 Å². The molecule has 1 atom stereocenters. The zero-order valence-corrected chi connectivity index (χ0v) is 8.53. The van der Waals surface area contributed by atoms with Crippen molar-refractivity contribution in [3.8, 4) is 0 Å². The highest BCUT2D eigenvalue weighted by Gasteiger charge is 2.15. The van der Waals surface area contributed by atoms with Gasteiger partial charge in [-0.2, -0.15) is 0 Å². The summed E-state index contributed by atoms with van der Waals surface area (Å²) in [7, 11) is 0. The van der Waals surface area contributed by atoms with Gasteiger partial charge in [-0.3, -0.25) is 4.79 Å². The number of hydrogen-bond donors (Lipinski definition) is 0. The van der Waals surface area contributed by atoms with Gasteiger partial charge in [0.15, 0.2) is 5.78 Å². The van der Waals surface area contributed by atoms with Crippen LogP contribution in [0.2, 0.25) is 0 Å². The summed E-state index contributed by atoms with van der Waals surface area (Å²) in [5.74, 6) is -0.676. The molecule has 4 heteroatoms. The predicted octanol–water partition coefficient (Wildman–Crippen LogP) is 2.94. The summed E-state index contributed by atoms with van der Waals surface area (Å²) in [6, 6.07) is 5.52. The molecule has 0 spiro atoms. The van der Waals surface area contributed by atoms with Crippen LogP contribution in [0.4, 0.5) is 4.39 Å². The molecule has 0 amide bonds. The second kappa shape index (κ2) is 4.63. The predicted molar refractivity (Wildman–Crippen MR) is 53.9 cm³/mol. The molecule has 1 unspecified atom stereocenters. The van der Waals surface area contributed by atoms with E-state index in [-0.39, 0.29) is 5.78 Å². The van der Waals surface area contributed by atoms with E-state index in [1.54, 1.807) is 12.3 Å². The first kappa shape index (κ1) is 10.5. The molecule has 0 aliphatic heterocycles. The second-order valence-corrected chi connectivity index (χ2v) is 4.06. The third-order valence-electron chi connectivity index (χ3n) is 1.52. The lowest BCUT2D eigenvalue weighted by Gasteiger charge is -2.04. The third-order valence-corrected chi connectivity index (χ3v) is 2.88. The summed E-state index contributed by atoms with van der Waals surface area (Å²) in [5, 5.41) is 0. The third kappa shape index (κ3) is 2.71. The van der Waals surface area contributed by atoms with Crippen molar-refractivity contribution in [1.29, 1.82) is 0 Å². The summed E-state index contributed by atoms with van der Waals surface area (Å²) in [4.78, 5) is 11.4. The fourth-order valence-corrected chi connectivity index (χ4v) is 1.36. The van der Waals surface area contributed by atoms with Gasteiger partial charge in [0.1, 0.15) is 10.5 Å². The first-order chi connectivity index (χ1) is 6.15. The standard InChI is InChI=1S/C9H8ClFOS/c1-13-9(10)8(12)6-3-2-4-7(11)5-6/h2-5,9H,1H3. The van der Waals surface area contributed by atoms with Crippen molar-refractivity contribution in [3.63, 3.8) is 0 Å². The highest BCUT2D eigenvalue weighted by molar-refractivity contribution is 8.01. The van der Waals surface area contributed by atoms with Crippen LogP contribution >= 0.6 is 23.4 Å². The Hall–Kier alpha value is -0.540. The van der Waals surface area contributed by atoms with Crippen molar-refractivity contribution in [2.75, 3.05) is 6.26 Å². The molecule has 1 rings (SSSR count). The summed E-state index contributed by atoms with van der Waals surface area (Å²) >= 11 is 6.92. The highest BCUT2D eigenvalue weighted by Crippen LogP contribution is 2.17. The maximum absolute atomic E-state index is 12.7. The van der Waals surface area contributed by atoms with E-state index in [9.17, 15) is 9.18 Å². The number of carbonyl (C=O) groups is 1. The molecule has 70 valence electrons. The first-order valence-corrected chi connectivity index (χ1v) is 5.34. The number of rotatable bonds is 3. The molecule has 0 bridgehead atoms. The van der Waals surface area contributed by atoms with Gasteiger partial charge in [-0.1, -0.05) is 12.1 Å². The van der Waals surface area contributed by atoms with Gasteiger partial charge in [0, 0.05) is 5.56 Å². The fourth-order valence-electron chi connectivity index (χ4n) is 0.880. The lowest BCUT2D eigenvalue weighted by atomic mass is 10.1. The Balaban J connectivity index is 2.89. The van der Waals surface area contributed by atoms with E-state index in [4.69, 9.17) is 11.6 Å². The van der Waals surface area contributed by atoms with Gasteiger partial charge in [-0.15, -0.1) is 23.4 Å². The number of benzene rings is 1. The van der Waals surface area contributed by atoms with E-state index >= 15 is 0 Å². The van der Waals surface area contributed by atoms with Crippen LogP contribution in [0, 0.1) is 5.82 Å². The van der Waals surface area contributed by atoms with Gasteiger partial charge >= 0.3 is 0 Å². The number of halogens is 2. The molecule has 0 fully saturated rings. The smallest absolute Gasteiger partial charge is 0.190 e. The fraction of sp³-hybridized carbons (Fsp3) is 0.222. The zero-order chi connectivity index (χ0) is 9.84. The quantitative estimate of drug-likeness (QED) is 0.573. The average Bonchev–Trinajstić information content (AvgIpc) is 2.15. The second-order valence-electron chi connectivity index (χ2n) is 2.43. The molecule has 0 saturated heterocycles. The molecule has 0 aromatic heterocycles. The van der Waals surface area contributed by atoms with Gasteiger partial charge in [0.2, 0.25) is 0 Å². The SMILES string of the molecule is CSC(Cl)C(=O)c1cccc(F)c1. The molecule has 0 heterocycles. The van der Waals surface area contributed by atoms with E-state index in [2.05, 4.69) is 0 Å². The van der Waals surface area contributed by atoms with Crippen molar-refractivity contribution in [1.82, 2.24) is 0 Å². The molecule has 13 heavy (non-hydrogen) atoms. The molecule has 1 aromatic carbocycles. The van der Waals surface area contributed by atoms with Crippen molar-refractivity contribution >= 4 is 29.1 Å². The first-order valence-electron chi connectivity index (χ1n) is 3.62. The van der Waals surface area contributed by atoms with Crippen molar-refractivity contribution in [2.45, 2.75) is 4.71 Å². The van der Waals surface area contributed by atoms with E-state index < -0.39 is 10.5 Å². The normalized spacial score (nSPS) is 12.5. The molecule has 0 N–H and O–H groups in total. The Kier molecular flexibility index (Phi) is 3.75. The van der Waals surface area contributed by atoms with Crippen LogP contribution in [0.15, 0.2) is 24.3 Å². The minimum atomic E-state index is -0.637. The Morgan fingerprint density at radius 2 is 2.31 bits per heavy atom.